The van der Waals surface area contributed by atoms with E-state index in [0.717, 1.165) is 23.8 Å². The second kappa shape index (κ2) is 5.39. The van der Waals surface area contributed by atoms with E-state index in [9.17, 15) is 14.3 Å². The predicted octanol–water partition coefficient (Wildman–Crippen LogP) is 2.17. The quantitative estimate of drug-likeness (QED) is 0.793. The maximum Gasteiger partial charge on any atom is 0.255 e. The molecule has 98 valence electrons. The molecule has 0 aliphatic rings. The van der Waals surface area contributed by atoms with Crippen LogP contribution in [0.3, 0.4) is 0 Å². The minimum absolute atomic E-state index is 0.112. The zero-order valence-electron chi connectivity index (χ0n) is 9.93. The highest BCUT2D eigenvalue weighted by molar-refractivity contribution is 5.96. The molecule has 19 heavy (non-hydrogen) atoms. The predicted molar refractivity (Wildman–Crippen MR) is 67.3 cm³/mol. The van der Waals surface area contributed by atoms with Crippen LogP contribution in [0.25, 0.3) is 0 Å². The lowest BCUT2D eigenvalue weighted by atomic mass is 10.1. The van der Waals surface area contributed by atoms with Gasteiger partial charge in [-0.1, -0.05) is 12.1 Å². The van der Waals surface area contributed by atoms with E-state index in [1.807, 2.05) is 0 Å². The first-order valence-electron chi connectivity index (χ1n) is 5.61. The van der Waals surface area contributed by atoms with Crippen LogP contribution in [0.5, 0.6) is 11.5 Å². The van der Waals surface area contributed by atoms with Crippen LogP contribution in [0.15, 0.2) is 42.5 Å². The van der Waals surface area contributed by atoms with Gasteiger partial charge in [-0.3, -0.25) is 4.79 Å². The average molecular weight is 261 g/mol. The van der Waals surface area contributed by atoms with Gasteiger partial charge in [-0.25, -0.2) is 4.39 Å². The van der Waals surface area contributed by atoms with Gasteiger partial charge < -0.3 is 15.5 Å². The molecule has 0 bridgehead atoms. The van der Waals surface area contributed by atoms with Crippen molar-refractivity contribution in [2.45, 2.75) is 6.54 Å². The number of aromatic hydroxyl groups is 2. The van der Waals surface area contributed by atoms with Crippen LogP contribution < -0.4 is 5.32 Å². The van der Waals surface area contributed by atoms with E-state index in [-0.39, 0.29) is 23.6 Å². The summed E-state index contributed by atoms with van der Waals surface area (Å²) in [5, 5.41) is 21.2. The summed E-state index contributed by atoms with van der Waals surface area (Å²) in [5.74, 6) is -1.29. The van der Waals surface area contributed by atoms with Crippen molar-refractivity contribution in [1.29, 1.82) is 0 Å². The summed E-state index contributed by atoms with van der Waals surface area (Å²) in [5.41, 5.74) is 0.667. The molecule has 2 aromatic rings. The average Bonchev–Trinajstić information content (AvgIpc) is 2.40. The van der Waals surface area contributed by atoms with Gasteiger partial charge >= 0.3 is 0 Å². The second-order valence-corrected chi connectivity index (χ2v) is 4.01. The molecule has 1 amide bonds. The van der Waals surface area contributed by atoms with Gasteiger partial charge in [-0.2, -0.15) is 0 Å². The van der Waals surface area contributed by atoms with E-state index in [1.54, 1.807) is 12.1 Å². The normalized spacial score (nSPS) is 10.2. The standard InChI is InChI=1S/C14H12FNO3/c15-10-3-6-13(18)12(7-10)14(19)16-8-9-1-4-11(17)5-2-9/h1-7,17-18H,8H2,(H,16,19). The monoisotopic (exact) mass is 261 g/mol. The molecule has 5 heteroatoms. The minimum Gasteiger partial charge on any atom is -0.508 e. The Hall–Kier alpha value is -2.56. The van der Waals surface area contributed by atoms with E-state index in [4.69, 9.17) is 5.11 Å². The zero-order valence-corrected chi connectivity index (χ0v) is 9.93. The number of rotatable bonds is 3. The number of phenolic OH excluding ortho intramolecular Hbond substituents is 2. The molecule has 2 rings (SSSR count). The number of halogens is 1. The number of phenols is 2. The van der Waals surface area contributed by atoms with Crippen molar-refractivity contribution in [2.75, 3.05) is 0 Å². The number of amides is 1. The molecule has 0 aliphatic carbocycles. The molecular formula is C14H12FNO3. The van der Waals surface area contributed by atoms with Crippen molar-refractivity contribution in [3.63, 3.8) is 0 Å². The van der Waals surface area contributed by atoms with Crippen molar-refractivity contribution in [3.8, 4) is 11.5 Å². The maximum absolute atomic E-state index is 13.0. The Morgan fingerprint density at radius 1 is 1.11 bits per heavy atom. The number of nitrogens with one attached hydrogen (secondary N) is 1. The van der Waals surface area contributed by atoms with Crippen LogP contribution in [0.2, 0.25) is 0 Å². The lowest BCUT2D eigenvalue weighted by Crippen LogP contribution is -2.22. The molecule has 0 saturated heterocycles. The van der Waals surface area contributed by atoms with Crippen molar-refractivity contribution >= 4 is 5.91 Å². The fourth-order valence-electron chi connectivity index (χ4n) is 1.58. The minimum atomic E-state index is -0.590. The molecule has 0 aliphatic heterocycles. The third-order valence-corrected chi connectivity index (χ3v) is 2.59. The maximum atomic E-state index is 13.0. The fraction of sp³-hybridized carbons (Fsp3) is 0.0714. The Bertz CT molecular complexity index is 596. The first-order valence-corrected chi connectivity index (χ1v) is 5.61. The lowest BCUT2D eigenvalue weighted by molar-refractivity contribution is 0.0947. The molecule has 0 saturated carbocycles. The molecular weight excluding hydrogens is 249 g/mol. The third kappa shape index (κ3) is 3.22. The summed E-state index contributed by atoms with van der Waals surface area (Å²) in [6, 6.07) is 9.49. The fourth-order valence-corrected chi connectivity index (χ4v) is 1.58. The largest absolute Gasteiger partial charge is 0.508 e. The third-order valence-electron chi connectivity index (χ3n) is 2.59. The summed E-state index contributed by atoms with van der Waals surface area (Å²) in [6.45, 7) is 0.217. The van der Waals surface area contributed by atoms with Gasteiger partial charge in [0.05, 0.1) is 5.56 Å². The van der Waals surface area contributed by atoms with Gasteiger partial charge in [-0.05, 0) is 35.9 Å². The van der Waals surface area contributed by atoms with Gasteiger partial charge in [-0.15, -0.1) is 0 Å². The summed E-state index contributed by atoms with van der Waals surface area (Å²) in [4.78, 5) is 11.8. The summed E-state index contributed by atoms with van der Waals surface area (Å²) < 4.78 is 13.0. The SMILES string of the molecule is O=C(NCc1ccc(O)cc1)c1cc(F)ccc1O. The molecule has 2 aromatic carbocycles. The van der Waals surface area contributed by atoms with Crippen molar-refractivity contribution < 1.29 is 19.4 Å². The van der Waals surface area contributed by atoms with Crippen LogP contribution >= 0.6 is 0 Å². The molecule has 0 atom stereocenters. The van der Waals surface area contributed by atoms with E-state index < -0.39 is 11.7 Å². The zero-order chi connectivity index (χ0) is 13.8. The molecule has 4 nitrogen and oxygen atoms in total. The van der Waals surface area contributed by atoms with Crippen LogP contribution in [-0.4, -0.2) is 16.1 Å². The molecule has 0 heterocycles. The first-order chi connectivity index (χ1) is 9.06. The van der Waals surface area contributed by atoms with Gasteiger partial charge in [0.2, 0.25) is 0 Å². The van der Waals surface area contributed by atoms with Crippen molar-refractivity contribution in [3.05, 3.63) is 59.4 Å². The highest BCUT2D eigenvalue weighted by atomic mass is 19.1. The highest BCUT2D eigenvalue weighted by Crippen LogP contribution is 2.17. The Balaban J connectivity index is 2.05. The molecule has 0 radical (unpaired) electrons. The Morgan fingerprint density at radius 2 is 1.79 bits per heavy atom. The molecule has 3 N–H and O–H groups in total. The smallest absolute Gasteiger partial charge is 0.255 e. The topological polar surface area (TPSA) is 69.6 Å². The van der Waals surface area contributed by atoms with E-state index in [0.29, 0.717) is 0 Å². The van der Waals surface area contributed by atoms with E-state index >= 15 is 0 Å². The van der Waals surface area contributed by atoms with Crippen LogP contribution in [0.1, 0.15) is 15.9 Å². The summed E-state index contributed by atoms with van der Waals surface area (Å²) in [7, 11) is 0. The molecule has 0 fully saturated rings. The number of hydrogen-bond donors (Lipinski definition) is 3. The second-order valence-electron chi connectivity index (χ2n) is 4.01. The number of carbonyl (C=O) groups is 1. The summed E-state index contributed by atoms with van der Waals surface area (Å²) in [6.07, 6.45) is 0. The highest BCUT2D eigenvalue weighted by Gasteiger charge is 2.11. The van der Waals surface area contributed by atoms with Crippen molar-refractivity contribution in [2.24, 2.45) is 0 Å². The van der Waals surface area contributed by atoms with Gasteiger partial charge in [0.15, 0.2) is 0 Å². The van der Waals surface area contributed by atoms with Crippen LogP contribution in [-0.2, 0) is 6.54 Å². The number of hydrogen-bond acceptors (Lipinski definition) is 3. The number of carbonyl (C=O) groups excluding carboxylic acids is 1. The Labute approximate surface area is 109 Å². The van der Waals surface area contributed by atoms with Gasteiger partial charge in [0.1, 0.15) is 17.3 Å². The van der Waals surface area contributed by atoms with Crippen LogP contribution in [0, 0.1) is 5.82 Å². The van der Waals surface area contributed by atoms with E-state index in [1.165, 1.54) is 12.1 Å². The van der Waals surface area contributed by atoms with Crippen molar-refractivity contribution in [1.82, 2.24) is 5.32 Å². The van der Waals surface area contributed by atoms with E-state index in [2.05, 4.69) is 5.32 Å². The lowest BCUT2D eigenvalue weighted by Gasteiger charge is -2.07. The van der Waals surface area contributed by atoms with Crippen LogP contribution in [0.4, 0.5) is 4.39 Å². The molecule has 0 spiro atoms. The molecule has 0 unspecified atom stereocenters. The summed E-state index contributed by atoms with van der Waals surface area (Å²) >= 11 is 0. The first kappa shape index (κ1) is 12.9. The Morgan fingerprint density at radius 3 is 2.47 bits per heavy atom. The Kier molecular flexibility index (Phi) is 3.66. The van der Waals surface area contributed by atoms with Gasteiger partial charge in [0, 0.05) is 6.54 Å². The molecule has 0 aromatic heterocycles. The van der Waals surface area contributed by atoms with Gasteiger partial charge in [0.25, 0.3) is 5.91 Å². The number of benzene rings is 2.